The Kier molecular flexibility index (Phi) is 5.90. The number of nitrogens with zero attached hydrogens (tertiary/aromatic N) is 1. The van der Waals surface area contributed by atoms with Gasteiger partial charge in [-0.25, -0.2) is 4.98 Å². The van der Waals surface area contributed by atoms with E-state index in [1.54, 1.807) is 12.1 Å². The zero-order valence-electron chi connectivity index (χ0n) is 15.2. The van der Waals surface area contributed by atoms with Crippen LogP contribution in [0.1, 0.15) is 36.8 Å². The summed E-state index contributed by atoms with van der Waals surface area (Å²) in [6.45, 7) is 8.64. The van der Waals surface area contributed by atoms with E-state index < -0.39 is 0 Å². The fourth-order valence-corrected chi connectivity index (χ4v) is 2.27. The van der Waals surface area contributed by atoms with Crippen LogP contribution < -0.4 is 15.4 Å². The van der Waals surface area contributed by atoms with Crippen molar-refractivity contribution in [3.8, 4) is 5.75 Å². The maximum atomic E-state index is 12.5. The number of pyridine rings is 1. The van der Waals surface area contributed by atoms with Crippen LogP contribution >= 0.6 is 11.6 Å². The molecule has 1 aromatic carbocycles. The average Bonchev–Trinajstić information content (AvgIpc) is 2.55. The molecule has 0 saturated carbocycles. The van der Waals surface area contributed by atoms with Crippen LogP contribution in [-0.2, 0) is 0 Å². The highest BCUT2D eigenvalue weighted by Gasteiger charge is 2.18. The Morgan fingerprint density at radius 3 is 2.56 bits per heavy atom. The third-order valence-corrected chi connectivity index (χ3v) is 3.92. The highest BCUT2D eigenvalue weighted by molar-refractivity contribution is 6.31. The van der Waals surface area contributed by atoms with Crippen molar-refractivity contribution < 1.29 is 9.53 Å². The first-order valence-electron chi connectivity index (χ1n) is 8.06. The minimum absolute atomic E-state index is 0.0165. The molecule has 0 bridgehead atoms. The number of hydrogen-bond acceptors (Lipinski definition) is 4. The predicted octanol–water partition coefficient (Wildman–Crippen LogP) is 4.57. The van der Waals surface area contributed by atoms with Crippen LogP contribution in [-0.4, -0.2) is 24.5 Å². The van der Waals surface area contributed by atoms with E-state index in [1.807, 2.05) is 25.1 Å². The number of anilines is 2. The van der Waals surface area contributed by atoms with E-state index in [1.165, 1.54) is 7.11 Å². The molecule has 2 rings (SSSR count). The second-order valence-corrected chi connectivity index (χ2v) is 7.49. The second kappa shape index (κ2) is 7.74. The van der Waals surface area contributed by atoms with Crippen molar-refractivity contribution in [1.29, 1.82) is 0 Å². The Hall–Kier alpha value is -2.27. The van der Waals surface area contributed by atoms with Gasteiger partial charge in [0.1, 0.15) is 11.6 Å². The Labute approximate surface area is 153 Å². The van der Waals surface area contributed by atoms with Gasteiger partial charge in [0.25, 0.3) is 5.91 Å². The van der Waals surface area contributed by atoms with E-state index in [9.17, 15) is 4.79 Å². The van der Waals surface area contributed by atoms with Gasteiger partial charge in [-0.15, -0.1) is 0 Å². The van der Waals surface area contributed by atoms with Crippen molar-refractivity contribution in [2.24, 2.45) is 5.41 Å². The lowest BCUT2D eigenvalue weighted by Crippen LogP contribution is -2.33. The molecule has 0 fully saturated rings. The Morgan fingerprint density at radius 2 is 1.96 bits per heavy atom. The molecule has 0 spiro atoms. The summed E-state index contributed by atoms with van der Waals surface area (Å²) in [5.74, 6) is 0.706. The van der Waals surface area contributed by atoms with Gasteiger partial charge in [-0.3, -0.25) is 4.79 Å². The first-order chi connectivity index (χ1) is 11.7. The summed E-state index contributed by atoms with van der Waals surface area (Å²) in [5, 5.41) is 6.72. The molecule has 0 saturated heterocycles. The summed E-state index contributed by atoms with van der Waals surface area (Å²) < 4.78 is 5.27. The zero-order chi connectivity index (χ0) is 18.6. The van der Waals surface area contributed by atoms with E-state index in [-0.39, 0.29) is 17.0 Å². The van der Waals surface area contributed by atoms with Crippen LogP contribution in [0.4, 0.5) is 11.5 Å². The summed E-state index contributed by atoms with van der Waals surface area (Å²) in [4.78, 5) is 16.9. The van der Waals surface area contributed by atoms with Gasteiger partial charge in [0, 0.05) is 17.3 Å². The first-order valence-corrected chi connectivity index (χ1v) is 8.44. The van der Waals surface area contributed by atoms with Crippen molar-refractivity contribution in [2.75, 3.05) is 19.0 Å². The first kappa shape index (κ1) is 19.1. The Balaban J connectivity index is 2.23. The van der Waals surface area contributed by atoms with Crippen LogP contribution in [0.2, 0.25) is 5.02 Å². The Morgan fingerprint density at radius 1 is 1.24 bits per heavy atom. The van der Waals surface area contributed by atoms with E-state index in [2.05, 4.69) is 36.4 Å². The molecular formula is C19H24ClN3O2. The maximum absolute atomic E-state index is 12.5. The van der Waals surface area contributed by atoms with Crippen molar-refractivity contribution >= 4 is 29.0 Å². The minimum atomic E-state index is -0.266. The third-order valence-electron chi connectivity index (χ3n) is 3.52. The minimum Gasteiger partial charge on any atom is -0.494 e. The summed E-state index contributed by atoms with van der Waals surface area (Å²) >= 11 is 6.15. The molecule has 0 atom stereocenters. The van der Waals surface area contributed by atoms with E-state index in [0.29, 0.717) is 23.1 Å². The number of methoxy groups -OCH3 is 1. The molecule has 1 amide bonds. The number of ether oxygens (including phenoxy) is 1. The number of carbonyl (C=O) groups is 1. The monoisotopic (exact) mass is 361 g/mol. The molecule has 0 radical (unpaired) electrons. The average molecular weight is 362 g/mol. The molecule has 0 aliphatic heterocycles. The molecule has 0 aliphatic rings. The predicted molar refractivity (Wildman–Crippen MR) is 102 cm³/mol. The van der Waals surface area contributed by atoms with Crippen LogP contribution in [0, 0.1) is 12.3 Å². The number of benzene rings is 1. The van der Waals surface area contributed by atoms with Gasteiger partial charge in [0.2, 0.25) is 0 Å². The normalized spacial score (nSPS) is 11.1. The molecule has 134 valence electrons. The van der Waals surface area contributed by atoms with Crippen LogP contribution in [0.25, 0.3) is 0 Å². The number of amides is 1. The number of rotatable bonds is 5. The lowest BCUT2D eigenvalue weighted by atomic mass is 9.97. The zero-order valence-corrected chi connectivity index (χ0v) is 16.0. The van der Waals surface area contributed by atoms with Crippen molar-refractivity contribution in [1.82, 2.24) is 10.3 Å². The van der Waals surface area contributed by atoms with E-state index >= 15 is 0 Å². The molecule has 2 N–H and O–H groups in total. The smallest absolute Gasteiger partial charge is 0.273 e. The largest absolute Gasteiger partial charge is 0.494 e. The summed E-state index contributed by atoms with van der Waals surface area (Å²) in [5.41, 5.74) is 2.03. The molecule has 2 aromatic rings. The highest BCUT2D eigenvalue weighted by atomic mass is 35.5. The molecular weight excluding hydrogens is 338 g/mol. The third kappa shape index (κ3) is 5.36. The lowest BCUT2D eigenvalue weighted by Gasteiger charge is -2.19. The standard InChI is InChI=1S/C19H24ClN3O2/c1-12-6-7-13(10-14(12)20)22-16-9-8-15(25-5)17(23-16)18(24)21-11-19(2,3)4/h6-10H,11H2,1-5H3,(H,21,24)(H,22,23). The fourth-order valence-electron chi connectivity index (χ4n) is 2.09. The van der Waals surface area contributed by atoms with Gasteiger partial charge >= 0.3 is 0 Å². The fraction of sp³-hybridized carbons (Fsp3) is 0.368. The van der Waals surface area contributed by atoms with E-state index in [4.69, 9.17) is 16.3 Å². The van der Waals surface area contributed by atoms with Gasteiger partial charge in [-0.1, -0.05) is 38.4 Å². The number of aromatic nitrogens is 1. The summed E-state index contributed by atoms with van der Waals surface area (Å²) in [6.07, 6.45) is 0. The lowest BCUT2D eigenvalue weighted by molar-refractivity contribution is 0.0931. The molecule has 1 heterocycles. The number of aryl methyl sites for hydroxylation is 1. The molecule has 6 heteroatoms. The number of halogens is 1. The van der Waals surface area contributed by atoms with Gasteiger partial charge in [-0.05, 0) is 42.2 Å². The van der Waals surface area contributed by atoms with E-state index in [0.717, 1.165) is 11.3 Å². The molecule has 1 aromatic heterocycles. The van der Waals surface area contributed by atoms with Gasteiger partial charge in [0.15, 0.2) is 5.69 Å². The topological polar surface area (TPSA) is 63.2 Å². The van der Waals surface area contributed by atoms with Gasteiger partial charge < -0.3 is 15.4 Å². The Bertz CT molecular complexity index is 770. The second-order valence-electron chi connectivity index (χ2n) is 7.08. The number of carbonyl (C=O) groups excluding carboxylic acids is 1. The van der Waals surface area contributed by atoms with Gasteiger partial charge in [-0.2, -0.15) is 0 Å². The van der Waals surface area contributed by atoms with Crippen molar-refractivity contribution in [2.45, 2.75) is 27.7 Å². The number of nitrogens with one attached hydrogen (secondary N) is 2. The molecule has 0 unspecified atom stereocenters. The van der Waals surface area contributed by atoms with Crippen LogP contribution in [0.3, 0.4) is 0 Å². The van der Waals surface area contributed by atoms with Crippen LogP contribution in [0.5, 0.6) is 5.75 Å². The quantitative estimate of drug-likeness (QED) is 0.818. The molecule has 25 heavy (non-hydrogen) atoms. The molecule has 0 aliphatic carbocycles. The van der Waals surface area contributed by atoms with Crippen molar-refractivity contribution in [3.63, 3.8) is 0 Å². The van der Waals surface area contributed by atoms with Crippen molar-refractivity contribution in [3.05, 3.63) is 46.6 Å². The summed E-state index contributed by atoms with van der Waals surface area (Å²) in [7, 11) is 1.52. The van der Waals surface area contributed by atoms with Gasteiger partial charge in [0.05, 0.1) is 7.11 Å². The molecule has 5 nitrogen and oxygen atoms in total. The SMILES string of the molecule is COc1ccc(Nc2ccc(C)c(Cl)c2)nc1C(=O)NCC(C)(C)C. The highest BCUT2D eigenvalue weighted by Crippen LogP contribution is 2.25. The van der Waals surface area contributed by atoms with Crippen LogP contribution in [0.15, 0.2) is 30.3 Å². The summed E-state index contributed by atoms with van der Waals surface area (Å²) in [6, 6.07) is 9.13. The maximum Gasteiger partial charge on any atom is 0.273 e. The number of hydrogen-bond donors (Lipinski definition) is 2.